The molecule has 3 N–H and O–H groups in total. The molecule has 1 heterocycles. The zero-order chi connectivity index (χ0) is 15.2. The van der Waals surface area contributed by atoms with Gasteiger partial charge in [-0.25, -0.2) is 4.39 Å². The Kier molecular flexibility index (Phi) is 4.02. The molecule has 2 aliphatic rings. The monoisotopic (exact) mass is 310 g/mol. The van der Waals surface area contributed by atoms with E-state index >= 15 is 0 Å². The van der Waals surface area contributed by atoms with Crippen LogP contribution in [0.15, 0.2) is 18.2 Å². The van der Waals surface area contributed by atoms with Crippen LogP contribution < -0.4 is 11.1 Å². The fraction of sp³-hybridized carbons (Fsp3) is 0.647. The molecule has 1 saturated carbocycles. The summed E-state index contributed by atoms with van der Waals surface area (Å²) in [6, 6.07) is 5.39. The summed E-state index contributed by atoms with van der Waals surface area (Å²) in [6.45, 7) is 5.38. The van der Waals surface area contributed by atoms with E-state index in [4.69, 9.17) is 17.3 Å². The molecular weight excluding hydrogens is 287 g/mol. The molecule has 1 saturated heterocycles. The van der Waals surface area contributed by atoms with Crippen LogP contribution in [0.4, 0.5) is 4.39 Å². The molecule has 1 aromatic rings. The molecule has 3 rings (SSSR count). The van der Waals surface area contributed by atoms with Crippen molar-refractivity contribution in [2.75, 3.05) is 6.54 Å². The molecule has 2 nitrogen and oxygen atoms in total. The van der Waals surface area contributed by atoms with Gasteiger partial charge in [0.05, 0.1) is 5.02 Å². The van der Waals surface area contributed by atoms with E-state index < -0.39 is 0 Å². The lowest BCUT2D eigenvalue weighted by Gasteiger charge is -2.30. The molecule has 1 aliphatic carbocycles. The molecule has 0 aromatic heterocycles. The Morgan fingerprint density at radius 2 is 2.10 bits per heavy atom. The topological polar surface area (TPSA) is 38.0 Å². The Balaban J connectivity index is 1.74. The summed E-state index contributed by atoms with van der Waals surface area (Å²) < 4.78 is 14.2. The number of halogens is 2. The van der Waals surface area contributed by atoms with E-state index in [2.05, 4.69) is 19.2 Å². The van der Waals surface area contributed by atoms with Crippen LogP contribution in [0.1, 0.15) is 44.6 Å². The highest BCUT2D eigenvalue weighted by atomic mass is 35.5. The fourth-order valence-electron chi connectivity index (χ4n) is 3.76. The molecule has 2 fully saturated rings. The number of nitrogens with one attached hydrogen (secondary N) is 1. The minimum Gasteiger partial charge on any atom is -0.326 e. The SMILES string of the molecule is CC(C)(CC1NCC(c2cccc(Cl)c2F)C1N)C1CC1. The van der Waals surface area contributed by atoms with Crippen molar-refractivity contribution in [3.63, 3.8) is 0 Å². The molecule has 116 valence electrons. The summed E-state index contributed by atoms with van der Waals surface area (Å²) in [4.78, 5) is 0. The van der Waals surface area contributed by atoms with Gasteiger partial charge in [-0.3, -0.25) is 0 Å². The van der Waals surface area contributed by atoms with Gasteiger partial charge in [-0.05, 0) is 42.2 Å². The second kappa shape index (κ2) is 5.53. The number of hydrogen-bond donors (Lipinski definition) is 2. The largest absolute Gasteiger partial charge is 0.326 e. The highest BCUT2D eigenvalue weighted by molar-refractivity contribution is 6.30. The quantitative estimate of drug-likeness (QED) is 0.890. The van der Waals surface area contributed by atoms with Crippen LogP contribution in [0.25, 0.3) is 0 Å². The average molecular weight is 311 g/mol. The fourth-order valence-corrected chi connectivity index (χ4v) is 3.94. The lowest BCUT2D eigenvalue weighted by molar-refractivity contribution is 0.242. The van der Waals surface area contributed by atoms with Gasteiger partial charge < -0.3 is 11.1 Å². The molecule has 21 heavy (non-hydrogen) atoms. The third-order valence-electron chi connectivity index (χ3n) is 5.34. The summed E-state index contributed by atoms with van der Waals surface area (Å²) in [5.41, 5.74) is 7.39. The van der Waals surface area contributed by atoms with Gasteiger partial charge in [-0.2, -0.15) is 0 Å². The molecule has 1 aromatic carbocycles. The third-order valence-corrected chi connectivity index (χ3v) is 5.63. The summed E-state index contributed by atoms with van der Waals surface area (Å²) in [5, 5.41) is 3.69. The standard InChI is InChI=1S/C17H24ClFN2/c1-17(2,10-6-7-10)8-14-16(20)12(9-21-14)11-4-3-5-13(18)15(11)19/h3-5,10,12,14,16,21H,6-9,20H2,1-2H3. The van der Waals surface area contributed by atoms with Crippen molar-refractivity contribution in [3.05, 3.63) is 34.6 Å². The number of hydrogen-bond acceptors (Lipinski definition) is 2. The van der Waals surface area contributed by atoms with E-state index in [1.807, 2.05) is 6.07 Å². The molecule has 3 unspecified atom stereocenters. The Hall–Kier alpha value is -0.640. The van der Waals surface area contributed by atoms with Crippen molar-refractivity contribution in [1.29, 1.82) is 0 Å². The Morgan fingerprint density at radius 3 is 2.76 bits per heavy atom. The molecular formula is C17H24ClFN2. The predicted octanol–water partition coefficient (Wildman–Crippen LogP) is 3.69. The third kappa shape index (κ3) is 2.96. The molecule has 0 radical (unpaired) electrons. The molecule has 0 amide bonds. The summed E-state index contributed by atoms with van der Waals surface area (Å²) in [5.74, 6) is 0.515. The summed E-state index contributed by atoms with van der Waals surface area (Å²) in [6.07, 6.45) is 3.72. The maximum Gasteiger partial charge on any atom is 0.145 e. The number of benzene rings is 1. The van der Waals surface area contributed by atoms with Crippen molar-refractivity contribution < 1.29 is 4.39 Å². The van der Waals surface area contributed by atoms with Crippen molar-refractivity contribution in [1.82, 2.24) is 5.32 Å². The smallest absolute Gasteiger partial charge is 0.145 e. The van der Waals surface area contributed by atoms with Gasteiger partial charge in [-0.15, -0.1) is 0 Å². The number of rotatable bonds is 4. The van der Waals surface area contributed by atoms with Crippen molar-refractivity contribution >= 4 is 11.6 Å². The first kappa shape index (κ1) is 15.3. The maximum absolute atomic E-state index is 14.2. The second-order valence-electron chi connectivity index (χ2n) is 7.31. The van der Waals surface area contributed by atoms with Crippen LogP contribution in [0, 0.1) is 17.2 Å². The predicted molar refractivity (Wildman–Crippen MR) is 85.0 cm³/mol. The minimum atomic E-state index is -0.316. The normalized spacial score (nSPS) is 29.9. The molecule has 0 bridgehead atoms. The van der Waals surface area contributed by atoms with E-state index in [1.54, 1.807) is 12.1 Å². The zero-order valence-corrected chi connectivity index (χ0v) is 13.5. The van der Waals surface area contributed by atoms with Crippen molar-refractivity contribution in [2.24, 2.45) is 17.1 Å². The van der Waals surface area contributed by atoms with Gasteiger partial charge in [0.1, 0.15) is 5.82 Å². The van der Waals surface area contributed by atoms with Gasteiger partial charge in [0.25, 0.3) is 0 Å². The summed E-state index contributed by atoms with van der Waals surface area (Å²) in [7, 11) is 0. The lowest BCUT2D eigenvalue weighted by Crippen LogP contribution is -2.41. The number of nitrogens with two attached hydrogens (primary N) is 1. The van der Waals surface area contributed by atoms with Crippen molar-refractivity contribution in [3.8, 4) is 0 Å². The van der Waals surface area contributed by atoms with E-state index in [1.165, 1.54) is 12.8 Å². The molecule has 0 spiro atoms. The van der Waals surface area contributed by atoms with Crippen LogP contribution >= 0.6 is 11.6 Å². The van der Waals surface area contributed by atoms with Crippen molar-refractivity contribution in [2.45, 2.75) is 51.1 Å². The van der Waals surface area contributed by atoms with Gasteiger partial charge in [0, 0.05) is 24.5 Å². The Morgan fingerprint density at radius 1 is 1.38 bits per heavy atom. The van der Waals surface area contributed by atoms with Crippen LogP contribution in [-0.4, -0.2) is 18.6 Å². The van der Waals surface area contributed by atoms with E-state index in [0.717, 1.165) is 18.9 Å². The van der Waals surface area contributed by atoms with E-state index in [-0.39, 0.29) is 28.8 Å². The molecule has 3 atom stereocenters. The first-order valence-corrected chi connectivity index (χ1v) is 8.21. The Bertz CT molecular complexity index is 528. The maximum atomic E-state index is 14.2. The van der Waals surface area contributed by atoms with Crippen LogP contribution in [0.3, 0.4) is 0 Å². The molecule has 1 aliphatic heterocycles. The lowest BCUT2D eigenvalue weighted by atomic mass is 9.78. The second-order valence-corrected chi connectivity index (χ2v) is 7.72. The first-order chi connectivity index (χ1) is 9.90. The average Bonchev–Trinajstić information content (AvgIpc) is 3.22. The van der Waals surface area contributed by atoms with Gasteiger partial charge in [0.2, 0.25) is 0 Å². The highest BCUT2D eigenvalue weighted by Crippen LogP contribution is 2.48. The van der Waals surface area contributed by atoms with Crippen LogP contribution in [0.2, 0.25) is 5.02 Å². The first-order valence-electron chi connectivity index (χ1n) is 7.83. The summed E-state index contributed by atoms with van der Waals surface area (Å²) >= 11 is 5.90. The van der Waals surface area contributed by atoms with Gasteiger partial charge >= 0.3 is 0 Å². The van der Waals surface area contributed by atoms with Gasteiger partial charge in [-0.1, -0.05) is 37.6 Å². The van der Waals surface area contributed by atoms with Gasteiger partial charge in [0.15, 0.2) is 0 Å². The molecule has 4 heteroatoms. The van der Waals surface area contributed by atoms with Crippen LogP contribution in [0.5, 0.6) is 0 Å². The van der Waals surface area contributed by atoms with Crippen LogP contribution in [-0.2, 0) is 0 Å². The minimum absolute atomic E-state index is 0.00343. The zero-order valence-electron chi connectivity index (χ0n) is 12.7. The van der Waals surface area contributed by atoms with E-state index in [0.29, 0.717) is 11.0 Å². The highest BCUT2D eigenvalue weighted by Gasteiger charge is 2.43. The van der Waals surface area contributed by atoms with E-state index in [9.17, 15) is 4.39 Å². The Labute approximate surface area is 131 Å².